The van der Waals surface area contributed by atoms with Crippen LogP contribution in [0.2, 0.25) is 19.6 Å². The Kier molecular flexibility index (Phi) is 6.61. The Morgan fingerprint density at radius 1 is 1.00 bits per heavy atom. The van der Waals surface area contributed by atoms with E-state index in [0.29, 0.717) is 6.61 Å². The van der Waals surface area contributed by atoms with Crippen LogP contribution in [0, 0.1) is 0 Å². The van der Waals surface area contributed by atoms with Crippen LogP contribution in [-0.4, -0.2) is 26.3 Å². The fraction of sp³-hybridized carbons (Fsp3) is 0.600. The first-order valence-electron chi connectivity index (χ1n) is 6.95. The molecule has 2 nitrogen and oxygen atoms in total. The second kappa shape index (κ2) is 7.72. The summed E-state index contributed by atoms with van der Waals surface area (Å²) < 4.78 is 0. The predicted octanol–water partition coefficient (Wildman–Crippen LogP) is 2.48. The van der Waals surface area contributed by atoms with Crippen molar-refractivity contribution in [3.05, 3.63) is 29.8 Å². The molecule has 0 atom stereocenters. The number of aliphatic hydroxyl groups excluding tert-OH is 1. The molecule has 0 aromatic heterocycles. The summed E-state index contributed by atoms with van der Waals surface area (Å²) in [5, 5.41) is 13.6. The fourth-order valence-electron chi connectivity index (χ4n) is 1.89. The second-order valence-corrected chi connectivity index (χ2v) is 11.0. The molecule has 0 saturated heterocycles. The largest absolute Gasteiger partial charge is 0.396 e. The Bertz CT molecular complexity index is 329. The molecule has 0 aliphatic rings. The fourth-order valence-corrected chi connectivity index (χ4v) is 3.06. The van der Waals surface area contributed by atoms with Crippen molar-refractivity contribution in [2.45, 2.75) is 45.4 Å². The van der Waals surface area contributed by atoms with Gasteiger partial charge < -0.3 is 10.4 Å². The molecule has 0 saturated carbocycles. The van der Waals surface area contributed by atoms with Gasteiger partial charge in [0.1, 0.15) is 0 Å². The quantitative estimate of drug-likeness (QED) is 0.559. The third kappa shape index (κ3) is 5.80. The Morgan fingerprint density at radius 2 is 1.67 bits per heavy atom. The summed E-state index contributed by atoms with van der Waals surface area (Å²) in [5.41, 5.74) is 1.36. The van der Waals surface area contributed by atoms with Gasteiger partial charge in [0.2, 0.25) is 0 Å². The lowest BCUT2D eigenvalue weighted by molar-refractivity contribution is 0.283. The van der Waals surface area contributed by atoms with Crippen LogP contribution in [0.25, 0.3) is 0 Å². The molecule has 0 fully saturated rings. The van der Waals surface area contributed by atoms with Crippen molar-refractivity contribution < 1.29 is 5.11 Å². The van der Waals surface area contributed by atoms with E-state index in [0.717, 1.165) is 32.4 Å². The third-order valence-electron chi connectivity index (χ3n) is 3.16. The first-order valence-corrected chi connectivity index (χ1v) is 10.4. The van der Waals surface area contributed by atoms with E-state index in [1.165, 1.54) is 10.8 Å². The number of unbranched alkanes of at least 4 members (excludes halogenated alkanes) is 2. The van der Waals surface area contributed by atoms with E-state index in [1.54, 1.807) is 0 Å². The second-order valence-electron chi connectivity index (χ2n) is 5.91. The first kappa shape index (κ1) is 15.4. The molecule has 102 valence electrons. The van der Waals surface area contributed by atoms with E-state index < -0.39 is 8.07 Å². The maximum atomic E-state index is 8.68. The van der Waals surface area contributed by atoms with Gasteiger partial charge in [0.25, 0.3) is 0 Å². The predicted molar refractivity (Wildman–Crippen MR) is 82.1 cm³/mol. The number of nitrogens with one attached hydrogen (secondary N) is 1. The van der Waals surface area contributed by atoms with E-state index in [-0.39, 0.29) is 0 Å². The molecular weight excluding hydrogens is 238 g/mol. The highest BCUT2D eigenvalue weighted by atomic mass is 28.3. The Labute approximate surface area is 112 Å². The first-order chi connectivity index (χ1) is 8.54. The molecule has 2 N–H and O–H groups in total. The van der Waals surface area contributed by atoms with Crippen molar-refractivity contribution in [2.24, 2.45) is 0 Å². The summed E-state index contributed by atoms with van der Waals surface area (Å²) in [5.74, 6) is 0. The number of rotatable bonds is 8. The van der Waals surface area contributed by atoms with Crippen LogP contribution < -0.4 is 10.5 Å². The average Bonchev–Trinajstić information content (AvgIpc) is 2.33. The third-order valence-corrected chi connectivity index (χ3v) is 5.23. The smallest absolute Gasteiger partial charge is 0.0775 e. The lowest BCUT2D eigenvalue weighted by Crippen LogP contribution is -2.37. The summed E-state index contributed by atoms with van der Waals surface area (Å²) in [6, 6.07) is 9.06. The van der Waals surface area contributed by atoms with Crippen LogP contribution in [-0.2, 0) is 6.54 Å². The van der Waals surface area contributed by atoms with Crippen LogP contribution in [0.15, 0.2) is 24.3 Å². The van der Waals surface area contributed by atoms with Crippen molar-refractivity contribution in [3.8, 4) is 0 Å². The van der Waals surface area contributed by atoms with Gasteiger partial charge in [-0.25, -0.2) is 0 Å². The summed E-state index contributed by atoms with van der Waals surface area (Å²) in [6.07, 6.45) is 3.18. The van der Waals surface area contributed by atoms with Crippen LogP contribution in [0.1, 0.15) is 24.8 Å². The van der Waals surface area contributed by atoms with E-state index in [2.05, 4.69) is 49.2 Å². The maximum absolute atomic E-state index is 8.68. The van der Waals surface area contributed by atoms with Gasteiger partial charge in [-0.1, -0.05) is 49.1 Å². The lowest BCUT2D eigenvalue weighted by Gasteiger charge is -2.16. The van der Waals surface area contributed by atoms with Crippen molar-refractivity contribution in [2.75, 3.05) is 13.2 Å². The standard InChI is InChI=1S/C15H27NOSi/c1-18(2,3)15-9-7-14(8-10-15)13-16-11-5-4-6-12-17/h7-10,16-17H,4-6,11-13H2,1-3H3. The SMILES string of the molecule is C[Si](C)(C)c1ccc(CNCCCCCO)cc1. The molecule has 0 spiro atoms. The van der Waals surface area contributed by atoms with Crippen LogP contribution in [0.3, 0.4) is 0 Å². The summed E-state index contributed by atoms with van der Waals surface area (Å²) in [4.78, 5) is 0. The maximum Gasteiger partial charge on any atom is 0.0775 e. The molecular formula is C15H27NOSi. The lowest BCUT2D eigenvalue weighted by atomic mass is 10.2. The van der Waals surface area contributed by atoms with Crippen molar-refractivity contribution in [1.82, 2.24) is 5.32 Å². The van der Waals surface area contributed by atoms with Gasteiger partial charge in [0.15, 0.2) is 0 Å². The molecule has 0 heterocycles. The topological polar surface area (TPSA) is 32.3 Å². The van der Waals surface area contributed by atoms with Gasteiger partial charge in [-0.05, 0) is 31.4 Å². The van der Waals surface area contributed by atoms with Gasteiger partial charge >= 0.3 is 0 Å². The molecule has 0 aliphatic carbocycles. The Morgan fingerprint density at radius 3 is 2.22 bits per heavy atom. The number of hydrogen-bond acceptors (Lipinski definition) is 2. The minimum absolute atomic E-state index is 0.318. The molecule has 0 radical (unpaired) electrons. The molecule has 0 bridgehead atoms. The van der Waals surface area contributed by atoms with Gasteiger partial charge in [-0.2, -0.15) is 0 Å². The van der Waals surface area contributed by atoms with Gasteiger partial charge in [-0.3, -0.25) is 0 Å². The molecule has 0 amide bonds. The average molecular weight is 265 g/mol. The number of hydrogen-bond donors (Lipinski definition) is 2. The van der Waals surface area contributed by atoms with Crippen LogP contribution >= 0.6 is 0 Å². The Hall–Kier alpha value is -0.643. The van der Waals surface area contributed by atoms with Gasteiger partial charge in [0, 0.05) is 13.2 Å². The minimum Gasteiger partial charge on any atom is -0.396 e. The van der Waals surface area contributed by atoms with Crippen molar-refractivity contribution >= 4 is 13.3 Å². The minimum atomic E-state index is -1.15. The van der Waals surface area contributed by atoms with Crippen LogP contribution in [0.4, 0.5) is 0 Å². The highest BCUT2D eigenvalue weighted by Crippen LogP contribution is 2.04. The molecule has 0 unspecified atom stereocenters. The molecule has 3 heteroatoms. The molecule has 1 aromatic rings. The number of benzene rings is 1. The zero-order valence-electron chi connectivity index (χ0n) is 12.0. The van der Waals surface area contributed by atoms with E-state index in [4.69, 9.17) is 5.11 Å². The highest BCUT2D eigenvalue weighted by molar-refractivity contribution is 6.88. The summed E-state index contributed by atoms with van der Waals surface area (Å²) in [6.45, 7) is 9.43. The van der Waals surface area contributed by atoms with E-state index in [9.17, 15) is 0 Å². The summed E-state index contributed by atoms with van der Waals surface area (Å²) in [7, 11) is -1.15. The molecule has 0 aliphatic heterocycles. The van der Waals surface area contributed by atoms with Crippen molar-refractivity contribution in [3.63, 3.8) is 0 Å². The van der Waals surface area contributed by atoms with Gasteiger partial charge in [0.05, 0.1) is 8.07 Å². The van der Waals surface area contributed by atoms with Crippen LogP contribution in [0.5, 0.6) is 0 Å². The van der Waals surface area contributed by atoms with E-state index in [1.807, 2.05) is 0 Å². The molecule has 1 aromatic carbocycles. The molecule has 18 heavy (non-hydrogen) atoms. The van der Waals surface area contributed by atoms with E-state index >= 15 is 0 Å². The monoisotopic (exact) mass is 265 g/mol. The normalized spacial score (nSPS) is 11.8. The van der Waals surface area contributed by atoms with Gasteiger partial charge in [-0.15, -0.1) is 0 Å². The highest BCUT2D eigenvalue weighted by Gasteiger charge is 2.15. The Balaban J connectivity index is 2.27. The zero-order chi connectivity index (χ0) is 13.4. The molecule has 1 rings (SSSR count). The number of aliphatic hydroxyl groups is 1. The zero-order valence-corrected chi connectivity index (χ0v) is 13.0. The van der Waals surface area contributed by atoms with Crippen molar-refractivity contribution in [1.29, 1.82) is 0 Å². The summed E-state index contributed by atoms with van der Waals surface area (Å²) >= 11 is 0.